The summed E-state index contributed by atoms with van der Waals surface area (Å²) in [5.41, 5.74) is 9.40. The lowest BCUT2D eigenvalue weighted by Crippen LogP contribution is -2.04. The summed E-state index contributed by atoms with van der Waals surface area (Å²) in [4.78, 5) is 12.4. The van der Waals surface area contributed by atoms with Crippen LogP contribution in [0.4, 0.5) is 0 Å². The molecule has 2 aromatic rings. The van der Waals surface area contributed by atoms with Crippen LogP contribution in [0.3, 0.4) is 0 Å². The van der Waals surface area contributed by atoms with Crippen molar-refractivity contribution in [1.82, 2.24) is 0 Å². The molecule has 2 N–H and O–H groups in total. The van der Waals surface area contributed by atoms with E-state index < -0.39 is 0 Å². The number of nitrogens with two attached hydrogens (primary N) is 1. The molecule has 20 heavy (non-hydrogen) atoms. The average molecular weight is 267 g/mol. The van der Waals surface area contributed by atoms with Crippen LogP contribution in [0.25, 0.3) is 0 Å². The summed E-state index contributed by atoms with van der Waals surface area (Å²) in [5.74, 6) is 0.550. The van der Waals surface area contributed by atoms with Crippen LogP contribution in [0.15, 0.2) is 48.5 Å². The standard InChI is InChI=1S/C18H21NO/c1-13(2)15-7-9-17(10-8-15)18(20)16-5-3-14(4-6-16)11-12-19/h3-10,13H,11-12,19H2,1-2H3. The molecule has 0 bridgehead atoms. The molecule has 2 rings (SSSR count). The fourth-order valence-corrected chi connectivity index (χ4v) is 2.18. The first-order chi connectivity index (χ1) is 9.61. The van der Waals surface area contributed by atoms with Crippen molar-refractivity contribution in [2.24, 2.45) is 5.73 Å². The van der Waals surface area contributed by atoms with Crippen molar-refractivity contribution in [2.75, 3.05) is 6.54 Å². The first-order valence-electron chi connectivity index (χ1n) is 7.05. The summed E-state index contributed by atoms with van der Waals surface area (Å²) in [6.45, 7) is 4.92. The van der Waals surface area contributed by atoms with Crippen molar-refractivity contribution in [2.45, 2.75) is 26.2 Å². The predicted molar refractivity (Wildman–Crippen MR) is 83.2 cm³/mol. The Balaban J connectivity index is 2.17. The van der Waals surface area contributed by atoms with E-state index in [2.05, 4.69) is 13.8 Å². The molecule has 2 nitrogen and oxygen atoms in total. The van der Waals surface area contributed by atoms with Crippen LogP contribution >= 0.6 is 0 Å². The van der Waals surface area contributed by atoms with Gasteiger partial charge in [0.1, 0.15) is 0 Å². The van der Waals surface area contributed by atoms with E-state index in [-0.39, 0.29) is 5.78 Å². The molecule has 0 heterocycles. The lowest BCUT2D eigenvalue weighted by atomic mass is 9.97. The van der Waals surface area contributed by atoms with Gasteiger partial charge in [-0.1, -0.05) is 62.4 Å². The molecular formula is C18H21NO. The summed E-state index contributed by atoms with van der Waals surface area (Å²) in [6, 6.07) is 15.6. The number of ketones is 1. The van der Waals surface area contributed by atoms with Gasteiger partial charge in [-0.15, -0.1) is 0 Å². The van der Waals surface area contributed by atoms with E-state index in [1.54, 1.807) is 0 Å². The molecule has 0 aliphatic rings. The Morgan fingerprint density at radius 2 is 1.45 bits per heavy atom. The van der Waals surface area contributed by atoms with Gasteiger partial charge in [-0.25, -0.2) is 0 Å². The number of rotatable bonds is 5. The number of benzene rings is 2. The Bertz CT molecular complexity index is 567. The van der Waals surface area contributed by atoms with Gasteiger partial charge in [-0.3, -0.25) is 4.79 Å². The average Bonchev–Trinajstić information content (AvgIpc) is 2.48. The number of hydrogen-bond donors (Lipinski definition) is 1. The molecule has 0 atom stereocenters. The molecule has 0 radical (unpaired) electrons. The molecule has 0 fully saturated rings. The van der Waals surface area contributed by atoms with E-state index in [0.717, 1.165) is 17.5 Å². The maximum atomic E-state index is 12.4. The Morgan fingerprint density at radius 1 is 0.950 bits per heavy atom. The van der Waals surface area contributed by atoms with Crippen LogP contribution in [0.1, 0.15) is 46.8 Å². The molecule has 0 aromatic heterocycles. The maximum Gasteiger partial charge on any atom is 0.193 e. The summed E-state index contributed by atoms with van der Waals surface area (Å²) >= 11 is 0. The molecule has 0 aliphatic heterocycles. The van der Waals surface area contributed by atoms with Crippen LogP contribution in [0.5, 0.6) is 0 Å². The molecule has 0 spiro atoms. The molecule has 0 saturated carbocycles. The van der Waals surface area contributed by atoms with Gasteiger partial charge in [0.15, 0.2) is 5.78 Å². The molecule has 0 aliphatic carbocycles. The van der Waals surface area contributed by atoms with Gasteiger partial charge in [0.05, 0.1) is 0 Å². The van der Waals surface area contributed by atoms with Crippen molar-refractivity contribution < 1.29 is 4.79 Å². The van der Waals surface area contributed by atoms with Crippen molar-refractivity contribution in [3.8, 4) is 0 Å². The SMILES string of the molecule is CC(C)c1ccc(C(=O)c2ccc(CCN)cc2)cc1. The van der Waals surface area contributed by atoms with Crippen LogP contribution < -0.4 is 5.73 Å². The van der Waals surface area contributed by atoms with E-state index in [0.29, 0.717) is 12.5 Å². The molecule has 2 aromatic carbocycles. The fraction of sp³-hybridized carbons (Fsp3) is 0.278. The summed E-state index contributed by atoms with van der Waals surface area (Å²) in [5, 5.41) is 0. The predicted octanol–water partition coefficient (Wildman–Crippen LogP) is 3.54. The maximum absolute atomic E-state index is 12.4. The van der Waals surface area contributed by atoms with Gasteiger partial charge < -0.3 is 5.73 Å². The van der Waals surface area contributed by atoms with Crippen LogP contribution in [0.2, 0.25) is 0 Å². The van der Waals surface area contributed by atoms with Gasteiger partial charge in [-0.05, 0) is 30.0 Å². The van der Waals surface area contributed by atoms with E-state index in [9.17, 15) is 4.79 Å². The van der Waals surface area contributed by atoms with Gasteiger partial charge in [-0.2, -0.15) is 0 Å². The molecule has 2 heteroatoms. The van der Waals surface area contributed by atoms with E-state index in [4.69, 9.17) is 5.73 Å². The second kappa shape index (κ2) is 6.49. The van der Waals surface area contributed by atoms with E-state index in [1.807, 2.05) is 48.5 Å². The van der Waals surface area contributed by atoms with Gasteiger partial charge >= 0.3 is 0 Å². The van der Waals surface area contributed by atoms with Crippen molar-refractivity contribution in [1.29, 1.82) is 0 Å². The summed E-state index contributed by atoms with van der Waals surface area (Å²) in [7, 11) is 0. The van der Waals surface area contributed by atoms with Crippen LogP contribution in [-0.4, -0.2) is 12.3 Å². The fourth-order valence-electron chi connectivity index (χ4n) is 2.18. The van der Waals surface area contributed by atoms with Gasteiger partial charge in [0, 0.05) is 11.1 Å². The monoisotopic (exact) mass is 267 g/mol. The zero-order chi connectivity index (χ0) is 14.5. The van der Waals surface area contributed by atoms with Gasteiger partial charge in [0.2, 0.25) is 0 Å². The van der Waals surface area contributed by atoms with Gasteiger partial charge in [0.25, 0.3) is 0 Å². The van der Waals surface area contributed by atoms with Crippen molar-refractivity contribution in [3.63, 3.8) is 0 Å². The Labute approximate surface area is 120 Å². The normalized spacial score (nSPS) is 10.8. The lowest BCUT2D eigenvalue weighted by molar-refractivity contribution is 0.103. The molecule has 0 unspecified atom stereocenters. The third-order valence-electron chi connectivity index (χ3n) is 3.49. The third-order valence-corrected chi connectivity index (χ3v) is 3.49. The first-order valence-corrected chi connectivity index (χ1v) is 7.05. The van der Waals surface area contributed by atoms with E-state index >= 15 is 0 Å². The smallest absolute Gasteiger partial charge is 0.193 e. The van der Waals surface area contributed by atoms with E-state index in [1.165, 1.54) is 11.1 Å². The highest BCUT2D eigenvalue weighted by molar-refractivity contribution is 6.08. The highest BCUT2D eigenvalue weighted by Crippen LogP contribution is 2.17. The minimum atomic E-state index is 0.0691. The quantitative estimate of drug-likeness (QED) is 0.842. The van der Waals surface area contributed by atoms with Crippen LogP contribution in [0, 0.1) is 0 Å². The zero-order valence-corrected chi connectivity index (χ0v) is 12.1. The number of carbonyl (C=O) groups excluding carboxylic acids is 1. The topological polar surface area (TPSA) is 43.1 Å². The zero-order valence-electron chi connectivity index (χ0n) is 12.1. The molecular weight excluding hydrogens is 246 g/mol. The molecule has 0 amide bonds. The number of carbonyl (C=O) groups is 1. The Morgan fingerprint density at radius 3 is 1.90 bits per heavy atom. The highest BCUT2D eigenvalue weighted by atomic mass is 16.1. The second-order valence-electron chi connectivity index (χ2n) is 5.34. The highest BCUT2D eigenvalue weighted by Gasteiger charge is 2.09. The largest absolute Gasteiger partial charge is 0.330 e. The minimum absolute atomic E-state index is 0.0691. The number of hydrogen-bond acceptors (Lipinski definition) is 2. The first kappa shape index (κ1) is 14.5. The minimum Gasteiger partial charge on any atom is -0.330 e. The lowest BCUT2D eigenvalue weighted by Gasteiger charge is -2.07. The molecule has 104 valence electrons. The summed E-state index contributed by atoms with van der Waals surface area (Å²) in [6.07, 6.45) is 0.845. The second-order valence-corrected chi connectivity index (χ2v) is 5.34. The summed E-state index contributed by atoms with van der Waals surface area (Å²) < 4.78 is 0. The third kappa shape index (κ3) is 3.34. The Kier molecular flexibility index (Phi) is 4.70. The van der Waals surface area contributed by atoms with Crippen molar-refractivity contribution >= 4 is 5.78 Å². The molecule has 0 saturated heterocycles. The van der Waals surface area contributed by atoms with Crippen LogP contribution in [-0.2, 0) is 6.42 Å². The van der Waals surface area contributed by atoms with Crippen molar-refractivity contribution in [3.05, 3.63) is 70.8 Å². The Hall–Kier alpha value is -1.93.